The molecule has 2 amide bonds. The molecule has 0 aromatic heterocycles. The van der Waals surface area contributed by atoms with Gasteiger partial charge in [-0.25, -0.2) is 8.42 Å². The lowest BCUT2D eigenvalue weighted by molar-refractivity contribution is -0.139. The summed E-state index contributed by atoms with van der Waals surface area (Å²) in [5.74, 6) is 0.0289. The number of carbonyl (C=O) groups is 2. The van der Waals surface area contributed by atoms with Crippen molar-refractivity contribution in [3.8, 4) is 17.2 Å². The van der Waals surface area contributed by atoms with E-state index in [9.17, 15) is 18.0 Å². The van der Waals surface area contributed by atoms with Crippen molar-refractivity contribution in [2.75, 3.05) is 38.2 Å². The van der Waals surface area contributed by atoms with Crippen molar-refractivity contribution in [1.82, 2.24) is 10.2 Å². The van der Waals surface area contributed by atoms with Gasteiger partial charge in [-0.1, -0.05) is 29.3 Å². The van der Waals surface area contributed by atoms with Crippen LogP contribution in [0.25, 0.3) is 0 Å². The third kappa shape index (κ3) is 8.25. The van der Waals surface area contributed by atoms with Gasteiger partial charge in [-0.05, 0) is 74.9 Å². The average molecular weight is 653 g/mol. The minimum Gasteiger partial charge on any atom is -0.494 e. The monoisotopic (exact) mass is 651 g/mol. The molecule has 0 saturated carbocycles. The molecule has 3 rings (SSSR count). The lowest BCUT2D eigenvalue weighted by Crippen LogP contribution is -2.51. The molecule has 13 heteroatoms. The number of sulfonamides is 1. The van der Waals surface area contributed by atoms with E-state index in [1.54, 1.807) is 50.2 Å². The summed E-state index contributed by atoms with van der Waals surface area (Å²) < 4.78 is 45.3. The van der Waals surface area contributed by atoms with Gasteiger partial charge in [0.05, 0.1) is 31.4 Å². The van der Waals surface area contributed by atoms with E-state index in [-0.39, 0.29) is 22.9 Å². The molecule has 0 spiro atoms. The molecule has 0 saturated heterocycles. The summed E-state index contributed by atoms with van der Waals surface area (Å²) in [6.45, 7) is 5.23. The molecule has 232 valence electrons. The Morgan fingerprint density at radius 2 is 1.60 bits per heavy atom. The third-order valence-corrected chi connectivity index (χ3v) is 8.89. The summed E-state index contributed by atoms with van der Waals surface area (Å²) >= 11 is 12.5. The Bertz CT molecular complexity index is 1540. The molecule has 43 heavy (non-hydrogen) atoms. The largest absolute Gasteiger partial charge is 0.494 e. The third-order valence-electron chi connectivity index (χ3n) is 6.53. The maximum atomic E-state index is 14.1. The highest BCUT2D eigenvalue weighted by atomic mass is 35.5. The van der Waals surface area contributed by atoms with Crippen LogP contribution < -0.4 is 23.8 Å². The Morgan fingerprint density at radius 1 is 0.930 bits per heavy atom. The quantitative estimate of drug-likeness (QED) is 0.256. The first-order chi connectivity index (χ1) is 20.5. The summed E-state index contributed by atoms with van der Waals surface area (Å²) in [5, 5.41) is 3.42. The molecule has 0 heterocycles. The summed E-state index contributed by atoms with van der Waals surface area (Å²) in [4.78, 5) is 28.1. The van der Waals surface area contributed by atoms with Crippen LogP contribution in [-0.4, -0.2) is 65.1 Å². The van der Waals surface area contributed by atoms with Crippen LogP contribution in [0.1, 0.15) is 26.3 Å². The van der Waals surface area contributed by atoms with E-state index >= 15 is 0 Å². The molecular formula is C30H35Cl2N3O7S. The second-order valence-corrected chi connectivity index (χ2v) is 12.0. The first kappa shape index (κ1) is 33.8. The maximum absolute atomic E-state index is 14.1. The molecule has 0 radical (unpaired) electrons. The van der Waals surface area contributed by atoms with Gasteiger partial charge in [-0.2, -0.15) is 0 Å². The SMILES string of the molecule is CCNC(=O)C(C)N(Cc1ccc(Cl)cc1Cl)C(=O)CN(c1ccc(OCC)cc1)S(=O)(=O)c1ccc(OC)c(OC)c1. The smallest absolute Gasteiger partial charge is 0.264 e. The lowest BCUT2D eigenvalue weighted by Gasteiger charge is -2.32. The van der Waals surface area contributed by atoms with Crippen molar-refractivity contribution < 1.29 is 32.2 Å². The van der Waals surface area contributed by atoms with Crippen LogP contribution in [-0.2, 0) is 26.2 Å². The zero-order valence-corrected chi connectivity index (χ0v) is 26.9. The molecule has 3 aromatic carbocycles. The van der Waals surface area contributed by atoms with Crippen molar-refractivity contribution in [3.63, 3.8) is 0 Å². The molecular weight excluding hydrogens is 617 g/mol. The molecule has 1 N–H and O–H groups in total. The molecule has 10 nitrogen and oxygen atoms in total. The number of nitrogens with zero attached hydrogens (tertiary/aromatic N) is 2. The molecule has 1 atom stereocenters. The highest BCUT2D eigenvalue weighted by Gasteiger charge is 2.33. The van der Waals surface area contributed by atoms with Crippen LogP contribution in [0.4, 0.5) is 5.69 Å². The Hall–Kier alpha value is -3.67. The second-order valence-electron chi connectivity index (χ2n) is 9.28. The van der Waals surface area contributed by atoms with Crippen LogP contribution in [0.15, 0.2) is 65.6 Å². The number of hydrogen-bond acceptors (Lipinski definition) is 7. The van der Waals surface area contributed by atoms with E-state index in [0.717, 1.165) is 4.31 Å². The van der Waals surface area contributed by atoms with E-state index in [1.165, 1.54) is 43.4 Å². The molecule has 0 fully saturated rings. The van der Waals surface area contributed by atoms with Gasteiger partial charge in [0, 0.05) is 29.2 Å². The van der Waals surface area contributed by atoms with Gasteiger partial charge in [-0.3, -0.25) is 13.9 Å². The standard InChI is InChI=1S/C30H35Cl2N3O7S/c1-6-33-30(37)20(3)34(18-21-8-9-22(31)16-26(21)32)29(36)19-35(23-10-12-24(13-11-23)42-7-2)43(38,39)25-14-15-27(40-4)28(17-25)41-5/h8-17,20H,6-7,18-19H2,1-5H3,(H,33,37). The summed E-state index contributed by atoms with van der Waals surface area (Å²) in [5.41, 5.74) is 0.743. The lowest BCUT2D eigenvalue weighted by atomic mass is 10.1. The van der Waals surface area contributed by atoms with Crippen LogP contribution in [0.5, 0.6) is 17.2 Å². The number of halogens is 2. The van der Waals surface area contributed by atoms with Crippen LogP contribution in [0.3, 0.4) is 0 Å². The van der Waals surface area contributed by atoms with Crippen molar-refractivity contribution in [1.29, 1.82) is 0 Å². The van der Waals surface area contributed by atoms with Gasteiger partial charge in [0.15, 0.2) is 11.5 Å². The number of anilines is 1. The number of hydrogen-bond donors (Lipinski definition) is 1. The van der Waals surface area contributed by atoms with Gasteiger partial charge >= 0.3 is 0 Å². The summed E-state index contributed by atoms with van der Waals surface area (Å²) in [6.07, 6.45) is 0. The number of carbonyl (C=O) groups excluding carboxylic acids is 2. The number of nitrogens with one attached hydrogen (secondary N) is 1. The maximum Gasteiger partial charge on any atom is 0.264 e. The van der Waals surface area contributed by atoms with Gasteiger partial charge in [0.1, 0.15) is 18.3 Å². The van der Waals surface area contributed by atoms with Gasteiger partial charge in [0.25, 0.3) is 10.0 Å². The van der Waals surface area contributed by atoms with E-state index in [1.807, 2.05) is 6.92 Å². The molecule has 1 unspecified atom stereocenters. The zero-order valence-electron chi connectivity index (χ0n) is 24.6. The highest BCUT2D eigenvalue weighted by molar-refractivity contribution is 7.92. The minimum absolute atomic E-state index is 0.0688. The average Bonchev–Trinajstić information content (AvgIpc) is 2.99. The van der Waals surface area contributed by atoms with E-state index in [0.29, 0.717) is 40.3 Å². The Labute approximate surface area is 262 Å². The highest BCUT2D eigenvalue weighted by Crippen LogP contribution is 2.33. The number of rotatable bonds is 14. The van der Waals surface area contributed by atoms with Crippen LogP contribution in [0.2, 0.25) is 10.0 Å². The molecule has 3 aromatic rings. The molecule has 0 aliphatic carbocycles. The van der Waals surface area contributed by atoms with Crippen molar-refractivity contribution in [2.24, 2.45) is 0 Å². The summed E-state index contributed by atoms with van der Waals surface area (Å²) in [6, 6.07) is 14.3. The Balaban J connectivity index is 2.10. The minimum atomic E-state index is -4.34. The second kappa shape index (κ2) is 15.2. The summed E-state index contributed by atoms with van der Waals surface area (Å²) in [7, 11) is -1.51. The molecule has 0 bridgehead atoms. The zero-order chi connectivity index (χ0) is 31.7. The first-order valence-electron chi connectivity index (χ1n) is 13.4. The fraction of sp³-hybridized carbons (Fsp3) is 0.333. The number of benzene rings is 3. The van der Waals surface area contributed by atoms with E-state index in [2.05, 4.69) is 5.32 Å². The fourth-order valence-electron chi connectivity index (χ4n) is 4.25. The van der Waals surface area contributed by atoms with Crippen molar-refractivity contribution >= 4 is 50.7 Å². The number of amides is 2. The van der Waals surface area contributed by atoms with Gasteiger partial charge in [-0.15, -0.1) is 0 Å². The number of likely N-dealkylation sites (N-methyl/N-ethyl adjacent to an activating group) is 1. The fourth-order valence-corrected chi connectivity index (χ4v) is 6.14. The van der Waals surface area contributed by atoms with Gasteiger partial charge < -0.3 is 24.4 Å². The molecule has 0 aliphatic heterocycles. The van der Waals surface area contributed by atoms with Crippen molar-refractivity contribution in [2.45, 2.75) is 38.3 Å². The number of ether oxygens (including phenoxy) is 3. The van der Waals surface area contributed by atoms with Crippen LogP contribution in [0, 0.1) is 0 Å². The Kier molecular flexibility index (Phi) is 11.9. The Morgan fingerprint density at radius 3 is 2.19 bits per heavy atom. The van der Waals surface area contributed by atoms with Crippen LogP contribution >= 0.6 is 23.2 Å². The topological polar surface area (TPSA) is 114 Å². The van der Waals surface area contributed by atoms with E-state index < -0.39 is 34.4 Å². The van der Waals surface area contributed by atoms with Gasteiger partial charge in [0.2, 0.25) is 11.8 Å². The predicted molar refractivity (Wildman–Crippen MR) is 167 cm³/mol. The first-order valence-corrected chi connectivity index (χ1v) is 15.6. The van der Waals surface area contributed by atoms with E-state index in [4.69, 9.17) is 37.4 Å². The predicted octanol–water partition coefficient (Wildman–Crippen LogP) is 5.16. The number of methoxy groups -OCH3 is 2. The van der Waals surface area contributed by atoms with Crippen molar-refractivity contribution in [3.05, 3.63) is 76.3 Å². The normalized spacial score (nSPS) is 11.8. The molecule has 0 aliphatic rings.